The van der Waals surface area contributed by atoms with E-state index in [-0.39, 0.29) is 17.7 Å². The van der Waals surface area contributed by atoms with E-state index in [4.69, 9.17) is 5.11 Å². The summed E-state index contributed by atoms with van der Waals surface area (Å²) in [5.74, 6) is 0.0301. The molecule has 1 amide bonds. The molecule has 1 aliphatic heterocycles. The Morgan fingerprint density at radius 3 is 2.44 bits per heavy atom. The molecule has 1 rings (SSSR count). The van der Waals surface area contributed by atoms with Gasteiger partial charge in [-0.1, -0.05) is 0 Å². The molecule has 1 aliphatic rings. The first-order valence-corrected chi connectivity index (χ1v) is 2.80. The van der Waals surface area contributed by atoms with Gasteiger partial charge in [-0.2, -0.15) is 0 Å². The summed E-state index contributed by atoms with van der Waals surface area (Å²) in [7, 11) is 1.66. The first-order valence-electron chi connectivity index (χ1n) is 2.80. The normalized spacial score (nSPS) is 26.9. The molecule has 0 fully saturated rings. The van der Waals surface area contributed by atoms with Gasteiger partial charge in [0.15, 0.2) is 0 Å². The first kappa shape index (κ1) is 6.13. The number of nitrogens with zero attached hydrogens (tertiary/aromatic N) is 1. The molecule has 0 saturated heterocycles. The third-order valence-corrected chi connectivity index (χ3v) is 1.63. The fourth-order valence-corrected chi connectivity index (χ4v) is 0.738. The molecule has 0 aromatic heterocycles. The van der Waals surface area contributed by atoms with Gasteiger partial charge in [0.2, 0.25) is 5.91 Å². The zero-order valence-electron chi connectivity index (χ0n) is 5.46. The Labute approximate surface area is 53.6 Å². The number of likely N-dealkylation sites (N-methyl/N-ethyl adjacent to an activating group) is 1. The summed E-state index contributed by atoms with van der Waals surface area (Å²) < 4.78 is 0. The largest absolute Gasteiger partial charge is 0.510 e. The molecule has 50 valence electrons. The molecule has 1 heterocycles. The van der Waals surface area contributed by atoms with E-state index in [1.165, 1.54) is 11.0 Å². The summed E-state index contributed by atoms with van der Waals surface area (Å²) in [4.78, 5) is 12.2. The van der Waals surface area contributed by atoms with Crippen molar-refractivity contribution in [2.24, 2.45) is 0 Å². The van der Waals surface area contributed by atoms with E-state index in [0.717, 1.165) is 0 Å². The van der Waals surface area contributed by atoms with Gasteiger partial charge in [0.1, 0.15) is 5.76 Å². The maximum atomic E-state index is 10.7. The standard InChI is InChI=1S/C6H9NO2/c1-4-5(8)3-6(9)7(4)2/h3-4,8H,1-2H3/t4-/m0/s1. The van der Waals surface area contributed by atoms with E-state index in [2.05, 4.69) is 0 Å². The van der Waals surface area contributed by atoms with Gasteiger partial charge in [-0.05, 0) is 6.92 Å². The van der Waals surface area contributed by atoms with Crippen molar-refractivity contribution in [1.82, 2.24) is 4.90 Å². The second-order valence-electron chi connectivity index (χ2n) is 2.19. The first-order chi connectivity index (χ1) is 4.13. The Morgan fingerprint density at radius 2 is 2.33 bits per heavy atom. The highest BCUT2D eigenvalue weighted by atomic mass is 16.3. The van der Waals surface area contributed by atoms with Crippen LogP contribution in [0.4, 0.5) is 0 Å². The van der Waals surface area contributed by atoms with Gasteiger partial charge in [0.25, 0.3) is 0 Å². The predicted molar refractivity (Wildman–Crippen MR) is 32.9 cm³/mol. The molecule has 9 heavy (non-hydrogen) atoms. The van der Waals surface area contributed by atoms with Gasteiger partial charge in [-0.15, -0.1) is 0 Å². The van der Waals surface area contributed by atoms with Crippen LogP contribution in [0.2, 0.25) is 0 Å². The monoisotopic (exact) mass is 127 g/mol. The van der Waals surface area contributed by atoms with Crippen molar-refractivity contribution in [3.63, 3.8) is 0 Å². The molecule has 0 radical (unpaired) electrons. The van der Waals surface area contributed by atoms with Crippen molar-refractivity contribution < 1.29 is 9.90 Å². The number of rotatable bonds is 0. The SMILES string of the molecule is C[C@H]1C(O)=CC(=O)N1C. The predicted octanol–water partition coefficient (Wildman–Crippen LogP) is 0.289. The highest BCUT2D eigenvalue weighted by Gasteiger charge is 2.24. The average molecular weight is 127 g/mol. The van der Waals surface area contributed by atoms with Crippen LogP contribution in [0, 0.1) is 0 Å². The molecule has 1 atom stereocenters. The molecular weight excluding hydrogens is 118 g/mol. The number of hydrogen-bond donors (Lipinski definition) is 1. The van der Waals surface area contributed by atoms with E-state index < -0.39 is 0 Å². The Balaban J connectivity index is 2.82. The lowest BCUT2D eigenvalue weighted by atomic mass is 10.3. The lowest BCUT2D eigenvalue weighted by Gasteiger charge is -2.14. The lowest BCUT2D eigenvalue weighted by Crippen LogP contribution is -2.28. The van der Waals surface area contributed by atoms with Crippen LogP contribution < -0.4 is 0 Å². The van der Waals surface area contributed by atoms with E-state index in [1.807, 2.05) is 0 Å². The molecule has 0 saturated carbocycles. The van der Waals surface area contributed by atoms with Crippen molar-refractivity contribution >= 4 is 5.91 Å². The number of hydrogen-bond acceptors (Lipinski definition) is 2. The summed E-state index contributed by atoms with van der Waals surface area (Å²) in [5.41, 5.74) is 0. The number of amides is 1. The maximum Gasteiger partial charge on any atom is 0.250 e. The summed E-state index contributed by atoms with van der Waals surface area (Å²) >= 11 is 0. The molecule has 3 nitrogen and oxygen atoms in total. The Hall–Kier alpha value is -0.990. The number of aliphatic hydroxyl groups is 1. The summed E-state index contributed by atoms with van der Waals surface area (Å²) in [5, 5.41) is 8.94. The van der Waals surface area contributed by atoms with Crippen molar-refractivity contribution in [2.45, 2.75) is 13.0 Å². The van der Waals surface area contributed by atoms with Crippen LogP contribution in [0.1, 0.15) is 6.92 Å². The molecule has 0 unspecified atom stereocenters. The molecule has 0 aromatic rings. The van der Waals surface area contributed by atoms with E-state index in [0.29, 0.717) is 0 Å². The third kappa shape index (κ3) is 0.781. The van der Waals surface area contributed by atoms with Crippen LogP contribution in [-0.2, 0) is 4.79 Å². The van der Waals surface area contributed by atoms with Gasteiger partial charge in [-0.3, -0.25) is 4.79 Å². The van der Waals surface area contributed by atoms with Crippen LogP contribution >= 0.6 is 0 Å². The highest BCUT2D eigenvalue weighted by molar-refractivity contribution is 5.91. The molecule has 1 N–H and O–H groups in total. The fraction of sp³-hybridized carbons (Fsp3) is 0.500. The van der Waals surface area contributed by atoms with Crippen LogP contribution in [0.5, 0.6) is 0 Å². The van der Waals surface area contributed by atoms with Crippen molar-refractivity contribution in [1.29, 1.82) is 0 Å². The van der Waals surface area contributed by atoms with Crippen LogP contribution in [0.25, 0.3) is 0 Å². The summed E-state index contributed by atoms with van der Waals surface area (Å²) in [6.07, 6.45) is 1.24. The van der Waals surface area contributed by atoms with Gasteiger partial charge in [0.05, 0.1) is 6.04 Å². The van der Waals surface area contributed by atoms with Gasteiger partial charge in [0, 0.05) is 13.1 Å². The Morgan fingerprint density at radius 1 is 1.78 bits per heavy atom. The van der Waals surface area contributed by atoms with E-state index in [9.17, 15) is 4.79 Å². The smallest absolute Gasteiger partial charge is 0.250 e. The van der Waals surface area contributed by atoms with E-state index in [1.54, 1.807) is 14.0 Å². The number of carbonyl (C=O) groups is 1. The van der Waals surface area contributed by atoms with Crippen LogP contribution in [0.15, 0.2) is 11.8 Å². The van der Waals surface area contributed by atoms with Crippen molar-refractivity contribution in [2.75, 3.05) is 7.05 Å². The highest BCUT2D eigenvalue weighted by Crippen LogP contribution is 2.13. The van der Waals surface area contributed by atoms with Crippen molar-refractivity contribution in [3.05, 3.63) is 11.8 Å². The zero-order valence-corrected chi connectivity index (χ0v) is 5.46. The van der Waals surface area contributed by atoms with Crippen LogP contribution in [-0.4, -0.2) is 29.0 Å². The second kappa shape index (κ2) is 1.76. The van der Waals surface area contributed by atoms with Gasteiger partial charge < -0.3 is 10.0 Å². The molecule has 0 aromatic carbocycles. The van der Waals surface area contributed by atoms with E-state index >= 15 is 0 Å². The van der Waals surface area contributed by atoms with Gasteiger partial charge >= 0.3 is 0 Å². The zero-order chi connectivity index (χ0) is 7.02. The Kier molecular flexibility index (Phi) is 1.20. The summed E-state index contributed by atoms with van der Waals surface area (Å²) in [6.45, 7) is 1.77. The Bertz CT molecular complexity index is 174. The van der Waals surface area contributed by atoms with Crippen LogP contribution in [0.3, 0.4) is 0 Å². The average Bonchev–Trinajstić information content (AvgIpc) is 1.98. The molecule has 3 heteroatoms. The summed E-state index contributed by atoms with van der Waals surface area (Å²) in [6, 6.07) is -0.141. The minimum absolute atomic E-state index is 0.125. The third-order valence-electron chi connectivity index (χ3n) is 1.63. The van der Waals surface area contributed by atoms with Crippen molar-refractivity contribution in [3.8, 4) is 0 Å². The molecule has 0 aliphatic carbocycles. The van der Waals surface area contributed by atoms with Gasteiger partial charge in [-0.25, -0.2) is 0 Å². The molecular formula is C6H9NO2. The maximum absolute atomic E-state index is 10.7. The number of carbonyl (C=O) groups excluding carboxylic acids is 1. The second-order valence-corrected chi connectivity index (χ2v) is 2.19. The fourth-order valence-electron chi connectivity index (χ4n) is 0.738. The topological polar surface area (TPSA) is 40.5 Å². The lowest BCUT2D eigenvalue weighted by molar-refractivity contribution is -0.124. The molecule has 0 bridgehead atoms. The minimum atomic E-state index is -0.141. The quantitative estimate of drug-likeness (QED) is 0.508. The number of aliphatic hydroxyl groups excluding tert-OH is 1. The molecule has 0 spiro atoms. The minimum Gasteiger partial charge on any atom is -0.510 e.